The van der Waals surface area contributed by atoms with Crippen molar-refractivity contribution < 1.29 is 17.9 Å². The molecule has 10 nitrogen and oxygen atoms in total. The molecule has 1 atom stereocenters. The number of pyridine rings is 1. The van der Waals surface area contributed by atoms with Crippen LogP contribution < -0.4 is 20.7 Å². The first-order chi connectivity index (χ1) is 19.7. The number of rotatable bonds is 9. The maximum Gasteiger partial charge on any atom is 0.333 e. The lowest BCUT2D eigenvalue weighted by Gasteiger charge is -2.34. The molecule has 1 aliphatic heterocycles. The first kappa shape index (κ1) is 31.0. The topological polar surface area (TPSA) is 110 Å². The first-order valence-corrected chi connectivity index (χ1v) is 13.2. The summed E-state index contributed by atoms with van der Waals surface area (Å²) in [6.45, 7) is -0.831. The van der Waals surface area contributed by atoms with Crippen molar-refractivity contribution in [3.05, 3.63) is 60.4 Å². The van der Waals surface area contributed by atoms with Gasteiger partial charge in [0.2, 0.25) is 0 Å². The lowest BCUT2D eigenvalue weighted by atomic mass is 10.0. The van der Waals surface area contributed by atoms with E-state index in [1.807, 2.05) is 25.1 Å². The molecule has 1 aliphatic rings. The summed E-state index contributed by atoms with van der Waals surface area (Å²) < 4.78 is 47.8. The maximum atomic E-state index is 15.3. The molecule has 224 valence electrons. The summed E-state index contributed by atoms with van der Waals surface area (Å²) in [6.07, 6.45) is 7.63. The number of hydrogen-bond acceptors (Lipinski definition) is 9. The minimum Gasteiger partial charge on any atom is -0.496 e. The van der Waals surface area contributed by atoms with Crippen molar-refractivity contribution in [1.82, 2.24) is 29.6 Å². The van der Waals surface area contributed by atoms with Crippen LogP contribution >= 0.6 is 12.4 Å². The van der Waals surface area contributed by atoms with Crippen LogP contribution in [0.15, 0.2) is 49.1 Å². The molecule has 0 amide bonds. The molecule has 1 saturated heterocycles. The van der Waals surface area contributed by atoms with Gasteiger partial charge in [0, 0.05) is 67.1 Å². The first-order valence-electron chi connectivity index (χ1n) is 13.2. The fourth-order valence-electron chi connectivity index (χ4n) is 4.96. The van der Waals surface area contributed by atoms with Crippen molar-refractivity contribution in [1.29, 1.82) is 0 Å². The molecule has 5 rings (SSSR count). The molecule has 0 spiro atoms. The van der Waals surface area contributed by atoms with Crippen LogP contribution in [0.3, 0.4) is 0 Å². The Morgan fingerprint density at radius 2 is 1.98 bits per heavy atom. The van der Waals surface area contributed by atoms with Crippen LogP contribution in [-0.4, -0.2) is 70.0 Å². The largest absolute Gasteiger partial charge is 0.496 e. The van der Waals surface area contributed by atoms with Crippen molar-refractivity contribution in [3.63, 3.8) is 0 Å². The SMILES string of the molecule is COc1cc(CN(C)C)cc(F)c1-c1nccc(Nc2cc(N3CCC[C@H](N)C3)c(-c3cnn(C(F)F)c3)cn2)n1.Cl. The zero-order valence-electron chi connectivity index (χ0n) is 23.5. The van der Waals surface area contributed by atoms with Crippen LogP contribution in [0, 0.1) is 5.82 Å². The zero-order chi connectivity index (χ0) is 29.1. The van der Waals surface area contributed by atoms with Crippen molar-refractivity contribution >= 4 is 29.7 Å². The number of anilines is 3. The normalized spacial score (nSPS) is 15.2. The van der Waals surface area contributed by atoms with Gasteiger partial charge in [0.05, 0.1) is 18.9 Å². The number of halogens is 4. The van der Waals surface area contributed by atoms with Gasteiger partial charge in [-0.15, -0.1) is 12.4 Å². The van der Waals surface area contributed by atoms with E-state index in [0.717, 1.165) is 30.6 Å². The highest BCUT2D eigenvalue weighted by atomic mass is 35.5. The molecule has 3 N–H and O–H groups in total. The van der Waals surface area contributed by atoms with Crippen molar-refractivity contribution in [2.75, 3.05) is 44.5 Å². The summed E-state index contributed by atoms with van der Waals surface area (Å²) in [4.78, 5) is 17.4. The smallest absolute Gasteiger partial charge is 0.333 e. The highest BCUT2D eigenvalue weighted by molar-refractivity contribution is 5.85. The molecule has 4 aromatic rings. The molecule has 0 radical (unpaired) electrons. The van der Waals surface area contributed by atoms with Gasteiger partial charge >= 0.3 is 6.55 Å². The number of methoxy groups -OCH3 is 1. The molecule has 0 aliphatic carbocycles. The molecular formula is C28H33ClF3N9O. The fourth-order valence-corrected chi connectivity index (χ4v) is 4.96. The quantitative estimate of drug-likeness (QED) is 0.270. The minimum absolute atomic E-state index is 0. The third kappa shape index (κ3) is 6.92. The van der Waals surface area contributed by atoms with Gasteiger partial charge in [0.1, 0.15) is 23.2 Å². The lowest BCUT2D eigenvalue weighted by molar-refractivity contribution is 0.0566. The summed E-state index contributed by atoms with van der Waals surface area (Å²) in [5, 5.41) is 6.95. The monoisotopic (exact) mass is 603 g/mol. The highest BCUT2D eigenvalue weighted by Gasteiger charge is 2.23. The minimum atomic E-state index is -2.75. The third-order valence-corrected chi connectivity index (χ3v) is 6.76. The van der Waals surface area contributed by atoms with Gasteiger partial charge in [0.15, 0.2) is 5.82 Å². The summed E-state index contributed by atoms with van der Waals surface area (Å²) in [7, 11) is 5.28. The Morgan fingerprint density at radius 1 is 1.17 bits per heavy atom. The van der Waals surface area contributed by atoms with E-state index in [1.165, 1.54) is 31.8 Å². The number of nitrogens with zero attached hydrogens (tertiary/aromatic N) is 7. The molecule has 0 bridgehead atoms. The van der Waals surface area contributed by atoms with Gasteiger partial charge in [-0.05, 0) is 50.7 Å². The molecule has 42 heavy (non-hydrogen) atoms. The number of alkyl halides is 2. The predicted molar refractivity (Wildman–Crippen MR) is 158 cm³/mol. The second kappa shape index (κ2) is 13.4. The third-order valence-electron chi connectivity index (χ3n) is 6.76. The summed E-state index contributed by atoms with van der Waals surface area (Å²) in [5.41, 5.74) is 9.12. The lowest BCUT2D eigenvalue weighted by Crippen LogP contribution is -2.43. The Hall–Kier alpha value is -3.94. The number of nitrogens with one attached hydrogen (secondary N) is 1. The Kier molecular flexibility index (Phi) is 9.86. The van der Waals surface area contributed by atoms with Gasteiger partial charge in [-0.3, -0.25) is 0 Å². The second-order valence-electron chi connectivity index (χ2n) is 10.2. The van der Waals surface area contributed by atoms with Crippen LogP contribution in [0.25, 0.3) is 22.5 Å². The summed E-state index contributed by atoms with van der Waals surface area (Å²) in [6, 6.07) is 6.68. The van der Waals surface area contributed by atoms with E-state index in [0.29, 0.717) is 46.3 Å². The molecular weight excluding hydrogens is 571 g/mol. The van der Waals surface area contributed by atoms with E-state index in [9.17, 15) is 8.78 Å². The number of nitrogens with two attached hydrogens (primary N) is 1. The number of piperidine rings is 1. The summed E-state index contributed by atoms with van der Waals surface area (Å²) in [5.74, 6) is 0.839. The van der Waals surface area contributed by atoms with E-state index < -0.39 is 12.4 Å². The van der Waals surface area contributed by atoms with Crippen molar-refractivity contribution in [2.24, 2.45) is 5.73 Å². The number of hydrogen-bond donors (Lipinski definition) is 2. The van der Waals surface area contributed by atoms with Gasteiger partial charge in [-0.2, -0.15) is 13.9 Å². The van der Waals surface area contributed by atoms with E-state index >= 15 is 4.39 Å². The van der Waals surface area contributed by atoms with E-state index in [1.54, 1.807) is 18.3 Å². The fraction of sp³-hybridized carbons (Fsp3) is 0.357. The average Bonchev–Trinajstić information content (AvgIpc) is 3.43. The number of benzene rings is 1. The Labute approximate surface area is 248 Å². The standard InChI is InChI=1S/C28H32F3N9O.ClH/c1-38(2)14-17-9-21(29)26(23(10-17)41-3)27-33-7-6-24(37-27)36-25-11-22(39-8-4-5-19(32)16-39)20(13-34-25)18-12-35-40(15-18)28(30)31;/h6-7,9-13,15,19,28H,4-5,8,14,16,32H2,1-3H3,(H,33,34,36,37);1H/t19-;/m0./s1. The van der Waals surface area contributed by atoms with Gasteiger partial charge in [-0.25, -0.2) is 24.0 Å². The number of ether oxygens (including phenoxy) is 1. The molecule has 3 aromatic heterocycles. The zero-order valence-corrected chi connectivity index (χ0v) is 24.3. The molecule has 0 unspecified atom stereocenters. The van der Waals surface area contributed by atoms with Gasteiger partial charge in [0.25, 0.3) is 0 Å². The molecule has 1 fully saturated rings. The van der Waals surface area contributed by atoms with Crippen LogP contribution in [0.4, 0.5) is 30.5 Å². The van der Waals surface area contributed by atoms with E-state index in [4.69, 9.17) is 10.5 Å². The number of aromatic nitrogens is 5. The molecule has 4 heterocycles. The Morgan fingerprint density at radius 3 is 2.67 bits per heavy atom. The molecule has 14 heteroatoms. The van der Waals surface area contributed by atoms with Crippen molar-refractivity contribution in [2.45, 2.75) is 32.0 Å². The van der Waals surface area contributed by atoms with Crippen LogP contribution in [0.2, 0.25) is 0 Å². The van der Waals surface area contributed by atoms with Gasteiger partial charge in [-0.1, -0.05) is 0 Å². The summed E-state index contributed by atoms with van der Waals surface area (Å²) >= 11 is 0. The second-order valence-corrected chi connectivity index (χ2v) is 10.2. The maximum absolute atomic E-state index is 15.3. The van der Waals surface area contributed by atoms with Crippen LogP contribution in [0.5, 0.6) is 5.75 Å². The molecule has 0 saturated carbocycles. The van der Waals surface area contributed by atoms with E-state index in [-0.39, 0.29) is 29.8 Å². The highest BCUT2D eigenvalue weighted by Crippen LogP contribution is 2.36. The Balaban J connectivity index is 0.00000405. The molecule has 1 aromatic carbocycles. The van der Waals surface area contributed by atoms with Gasteiger partial charge < -0.3 is 25.6 Å². The van der Waals surface area contributed by atoms with Crippen LogP contribution in [-0.2, 0) is 6.54 Å². The van der Waals surface area contributed by atoms with Crippen molar-refractivity contribution in [3.8, 4) is 28.3 Å². The van der Waals surface area contributed by atoms with E-state index in [2.05, 4.69) is 30.3 Å². The Bertz CT molecular complexity index is 1520. The van der Waals surface area contributed by atoms with Crippen LogP contribution in [0.1, 0.15) is 25.0 Å². The average molecular weight is 604 g/mol. The predicted octanol–water partition coefficient (Wildman–Crippen LogP) is 5.10.